The van der Waals surface area contributed by atoms with Crippen LogP contribution in [0, 0.1) is 20.2 Å². The number of carbonyl (C=O) groups is 2. The number of fused-ring (bicyclic) bond motifs is 2. The van der Waals surface area contributed by atoms with Gasteiger partial charge in [0, 0.05) is 26.0 Å². The van der Waals surface area contributed by atoms with Crippen molar-refractivity contribution in [3.8, 4) is 23.0 Å². The summed E-state index contributed by atoms with van der Waals surface area (Å²) in [6.07, 6.45) is 0. The van der Waals surface area contributed by atoms with Crippen LogP contribution >= 0.6 is 0 Å². The Morgan fingerprint density at radius 3 is 1.30 bits per heavy atom. The van der Waals surface area contributed by atoms with Crippen molar-refractivity contribution in [1.29, 1.82) is 0 Å². The lowest BCUT2D eigenvalue weighted by Crippen LogP contribution is -2.13. The van der Waals surface area contributed by atoms with Gasteiger partial charge in [0.25, 0.3) is 11.4 Å². The summed E-state index contributed by atoms with van der Waals surface area (Å²) >= 11 is 0. The Labute approximate surface area is 209 Å². The molecule has 0 fully saturated rings. The Kier molecular flexibility index (Phi) is 8.99. The summed E-state index contributed by atoms with van der Waals surface area (Å²) in [5, 5.41) is 27.8. The van der Waals surface area contributed by atoms with E-state index in [4.69, 9.17) is 23.7 Å². The quantitative estimate of drug-likeness (QED) is 0.445. The van der Waals surface area contributed by atoms with Gasteiger partial charge < -0.3 is 34.3 Å². The Morgan fingerprint density at radius 2 is 0.973 bits per heavy atom. The molecule has 0 spiro atoms. The molecule has 0 aromatic heterocycles. The first-order chi connectivity index (χ1) is 17.7. The normalized spacial score (nSPS) is 13.9. The van der Waals surface area contributed by atoms with E-state index in [0.29, 0.717) is 0 Å². The first-order valence-electron chi connectivity index (χ1n) is 10.9. The molecule has 15 heteroatoms. The summed E-state index contributed by atoms with van der Waals surface area (Å²) in [4.78, 5) is 44.7. The number of amides is 2. The largest absolute Gasteiger partial charge is 0.487 e. The van der Waals surface area contributed by atoms with Crippen molar-refractivity contribution in [2.45, 2.75) is 13.8 Å². The molecule has 0 bridgehead atoms. The van der Waals surface area contributed by atoms with Crippen molar-refractivity contribution in [1.82, 2.24) is 0 Å². The van der Waals surface area contributed by atoms with Crippen LogP contribution in [0.3, 0.4) is 0 Å². The number of nitro groups is 2. The number of carbonyl (C=O) groups excluding carboxylic acids is 2. The molecule has 2 amide bonds. The molecule has 0 unspecified atom stereocenters. The van der Waals surface area contributed by atoms with Crippen molar-refractivity contribution in [2.24, 2.45) is 0 Å². The van der Waals surface area contributed by atoms with Crippen LogP contribution in [0.1, 0.15) is 13.8 Å². The van der Waals surface area contributed by atoms with Gasteiger partial charge >= 0.3 is 0 Å². The molecular weight excluding hydrogens is 496 g/mol. The zero-order valence-corrected chi connectivity index (χ0v) is 19.9. The lowest BCUT2D eigenvalue weighted by Gasteiger charge is -2.16. The number of nitro benzene ring substituents is 2. The van der Waals surface area contributed by atoms with Crippen molar-refractivity contribution >= 4 is 34.6 Å². The molecule has 0 saturated carbocycles. The predicted octanol–water partition coefficient (Wildman–Crippen LogP) is 2.67. The number of anilines is 2. The topological polar surface area (TPSA) is 191 Å². The average Bonchev–Trinajstić information content (AvgIpc) is 2.81. The highest BCUT2D eigenvalue weighted by Gasteiger charge is 2.23. The van der Waals surface area contributed by atoms with Crippen LogP contribution in [0.15, 0.2) is 24.3 Å². The third kappa shape index (κ3) is 7.41. The summed E-state index contributed by atoms with van der Waals surface area (Å²) in [7, 11) is 0. The Bertz CT molecular complexity index is 1110. The maximum atomic E-state index is 11.5. The summed E-state index contributed by atoms with van der Waals surface area (Å²) < 4.78 is 28.1. The Balaban J connectivity index is 1.90. The van der Waals surface area contributed by atoms with Gasteiger partial charge in [-0.25, -0.2) is 0 Å². The van der Waals surface area contributed by atoms with Crippen LogP contribution in [0.25, 0.3) is 0 Å². The summed E-state index contributed by atoms with van der Waals surface area (Å²) in [6.45, 7) is 2.51. The second-order valence-corrected chi connectivity index (χ2v) is 7.51. The Hall–Kier alpha value is -4.66. The number of nitrogens with one attached hydrogen (secondary N) is 2. The van der Waals surface area contributed by atoms with Crippen molar-refractivity contribution in [2.75, 3.05) is 50.3 Å². The van der Waals surface area contributed by atoms with E-state index in [1.54, 1.807) is 0 Å². The van der Waals surface area contributed by atoms with Gasteiger partial charge in [-0.3, -0.25) is 29.8 Å². The molecular formula is C22H24N4O11. The van der Waals surface area contributed by atoms with Crippen LogP contribution in [-0.2, 0) is 14.3 Å². The molecule has 2 N–H and O–H groups in total. The third-order valence-electron chi connectivity index (χ3n) is 4.71. The highest BCUT2D eigenvalue weighted by molar-refractivity contribution is 5.92. The maximum absolute atomic E-state index is 11.5. The number of benzene rings is 2. The highest BCUT2D eigenvalue weighted by Crippen LogP contribution is 2.39. The van der Waals surface area contributed by atoms with E-state index in [0.717, 1.165) is 12.1 Å². The SMILES string of the molecule is CC(=O)Nc1cc2c(cc1[N+](=O)[O-])OCCOc1cc([N+](=O)[O-])c(NC(C)=O)cc1OCCOCCO2. The maximum Gasteiger partial charge on any atom is 0.296 e. The number of ether oxygens (including phenoxy) is 5. The molecule has 1 aliphatic rings. The van der Waals surface area contributed by atoms with Crippen LogP contribution in [0.5, 0.6) is 23.0 Å². The van der Waals surface area contributed by atoms with Crippen LogP contribution in [0.4, 0.5) is 22.7 Å². The molecule has 0 radical (unpaired) electrons. The van der Waals surface area contributed by atoms with Gasteiger partial charge in [0.15, 0.2) is 23.0 Å². The minimum absolute atomic E-state index is 0.0164. The second kappa shape index (κ2) is 12.3. The summed E-state index contributed by atoms with van der Waals surface area (Å²) in [6, 6.07) is 4.78. The minimum Gasteiger partial charge on any atom is -0.487 e. The van der Waals surface area contributed by atoms with E-state index < -0.39 is 33.0 Å². The number of rotatable bonds is 4. The molecule has 3 rings (SSSR count). The molecule has 15 nitrogen and oxygen atoms in total. The molecule has 198 valence electrons. The molecule has 37 heavy (non-hydrogen) atoms. The molecule has 0 aliphatic carbocycles. The monoisotopic (exact) mass is 520 g/mol. The van der Waals surface area contributed by atoms with Crippen molar-refractivity contribution < 1.29 is 43.1 Å². The van der Waals surface area contributed by atoms with Crippen molar-refractivity contribution in [3.05, 3.63) is 44.5 Å². The number of nitrogens with zero attached hydrogens (tertiary/aromatic N) is 2. The smallest absolute Gasteiger partial charge is 0.296 e. The molecule has 2 aromatic rings. The van der Waals surface area contributed by atoms with E-state index in [9.17, 15) is 29.8 Å². The van der Waals surface area contributed by atoms with E-state index in [-0.39, 0.29) is 74.0 Å². The number of hydrogen-bond acceptors (Lipinski definition) is 11. The van der Waals surface area contributed by atoms with E-state index in [1.807, 2.05) is 0 Å². The van der Waals surface area contributed by atoms with E-state index in [1.165, 1.54) is 26.0 Å². The molecule has 1 heterocycles. The summed E-state index contributed by atoms with van der Waals surface area (Å²) in [5.74, 6) is -0.731. The number of hydrogen-bond donors (Lipinski definition) is 2. The first kappa shape index (κ1) is 26.9. The van der Waals surface area contributed by atoms with Crippen molar-refractivity contribution in [3.63, 3.8) is 0 Å². The second-order valence-electron chi connectivity index (χ2n) is 7.51. The zero-order chi connectivity index (χ0) is 26.9. The molecule has 1 aliphatic heterocycles. The van der Waals surface area contributed by atoms with Crippen LogP contribution < -0.4 is 29.6 Å². The van der Waals surface area contributed by atoms with Gasteiger partial charge in [-0.1, -0.05) is 0 Å². The van der Waals surface area contributed by atoms with Crippen LogP contribution in [-0.4, -0.2) is 61.3 Å². The van der Waals surface area contributed by atoms with Gasteiger partial charge in [-0.15, -0.1) is 0 Å². The fourth-order valence-electron chi connectivity index (χ4n) is 3.26. The van der Waals surface area contributed by atoms with Gasteiger partial charge in [0.1, 0.15) is 37.8 Å². The van der Waals surface area contributed by atoms with E-state index >= 15 is 0 Å². The Morgan fingerprint density at radius 1 is 0.649 bits per heavy atom. The van der Waals surface area contributed by atoms with Crippen LogP contribution in [0.2, 0.25) is 0 Å². The molecule has 0 atom stereocenters. The third-order valence-corrected chi connectivity index (χ3v) is 4.71. The zero-order valence-electron chi connectivity index (χ0n) is 19.9. The van der Waals surface area contributed by atoms with Gasteiger partial charge in [-0.05, 0) is 0 Å². The minimum atomic E-state index is -0.677. The average molecular weight is 520 g/mol. The lowest BCUT2D eigenvalue weighted by atomic mass is 10.2. The molecule has 2 aromatic carbocycles. The lowest BCUT2D eigenvalue weighted by molar-refractivity contribution is -0.384. The fourth-order valence-corrected chi connectivity index (χ4v) is 3.26. The van der Waals surface area contributed by atoms with Gasteiger partial charge in [-0.2, -0.15) is 0 Å². The van der Waals surface area contributed by atoms with Gasteiger partial charge in [0.2, 0.25) is 11.8 Å². The molecule has 0 saturated heterocycles. The highest BCUT2D eigenvalue weighted by atomic mass is 16.6. The first-order valence-corrected chi connectivity index (χ1v) is 10.9. The fraction of sp³-hybridized carbons (Fsp3) is 0.364. The van der Waals surface area contributed by atoms with E-state index in [2.05, 4.69) is 10.6 Å². The summed E-state index contributed by atoms with van der Waals surface area (Å²) in [5.41, 5.74) is -0.959. The standard InChI is InChI=1S/C22H24N4O11/c1-13(27)23-15-9-19-21(11-17(15)25(29)30)36-7-8-37-22-12-18(26(31)32)16(24-14(2)28)10-20(22)35-6-4-33-3-5-34-19/h9-12H,3-8H2,1-2H3,(H,23,27)(H,24,28). The predicted molar refractivity (Wildman–Crippen MR) is 128 cm³/mol. The van der Waals surface area contributed by atoms with Gasteiger partial charge in [0.05, 0.1) is 35.2 Å².